The summed E-state index contributed by atoms with van der Waals surface area (Å²) in [5.41, 5.74) is 2.75. The number of nitrogens with zero attached hydrogens (tertiary/aromatic N) is 1. The Morgan fingerprint density at radius 3 is 2.66 bits per heavy atom. The first-order chi connectivity index (χ1) is 13.8. The number of aryl methyl sites for hydroxylation is 1. The molecule has 0 radical (unpaired) electrons. The van der Waals surface area contributed by atoms with Crippen LogP contribution in [0.3, 0.4) is 0 Å². The summed E-state index contributed by atoms with van der Waals surface area (Å²) in [4.78, 5) is 25.1. The average Bonchev–Trinajstić information content (AvgIpc) is 2.88. The van der Waals surface area contributed by atoms with Gasteiger partial charge in [0.05, 0.1) is 34.0 Å². The second kappa shape index (κ2) is 7.46. The topological polar surface area (TPSA) is 83.6 Å². The van der Waals surface area contributed by atoms with Crippen LogP contribution in [-0.2, 0) is 21.2 Å². The Labute approximate surface area is 174 Å². The number of fused-ring (bicyclic) bond motifs is 1. The zero-order chi connectivity index (χ0) is 20.8. The SMILES string of the molecule is CC1CS(=O)(=O)N(c2ccc(C(=O)NC3CCCc4ccccc43)c(Cl)c2)C1=O. The molecule has 2 atom stereocenters. The third kappa shape index (κ3) is 3.65. The minimum atomic E-state index is -3.72. The van der Waals surface area contributed by atoms with Crippen molar-refractivity contribution < 1.29 is 18.0 Å². The Balaban J connectivity index is 1.58. The molecule has 4 rings (SSSR count). The van der Waals surface area contributed by atoms with Gasteiger partial charge in [-0.15, -0.1) is 0 Å². The highest BCUT2D eigenvalue weighted by Crippen LogP contribution is 2.33. The number of carbonyl (C=O) groups is 2. The summed E-state index contributed by atoms with van der Waals surface area (Å²) in [6, 6.07) is 12.2. The Hall–Kier alpha value is -2.38. The van der Waals surface area contributed by atoms with Crippen LogP contribution in [0.5, 0.6) is 0 Å². The second-order valence-electron chi connectivity index (χ2n) is 7.56. The quantitative estimate of drug-likeness (QED) is 0.805. The first kappa shape index (κ1) is 19.9. The molecule has 8 heteroatoms. The lowest BCUT2D eigenvalue weighted by Crippen LogP contribution is -2.32. The molecular weight excluding hydrogens is 412 g/mol. The van der Waals surface area contributed by atoms with E-state index in [1.54, 1.807) is 6.92 Å². The van der Waals surface area contributed by atoms with Gasteiger partial charge in [-0.25, -0.2) is 12.7 Å². The average molecular weight is 433 g/mol. The summed E-state index contributed by atoms with van der Waals surface area (Å²) in [7, 11) is -3.72. The molecule has 1 N–H and O–H groups in total. The van der Waals surface area contributed by atoms with Crippen molar-refractivity contribution in [2.45, 2.75) is 32.2 Å². The van der Waals surface area contributed by atoms with E-state index in [-0.39, 0.29) is 34.0 Å². The highest BCUT2D eigenvalue weighted by atomic mass is 35.5. The largest absolute Gasteiger partial charge is 0.345 e. The van der Waals surface area contributed by atoms with Gasteiger partial charge in [0.1, 0.15) is 0 Å². The lowest BCUT2D eigenvalue weighted by Gasteiger charge is -2.26. The van der Waals surface area contributed by atoms with Gasteiger partial charge in [0.15, 0.2) is 0 Å². The molecule has 1 aliphatic heterocycles. The van der Waals surface area contributed by atoms with E-state index in [1.807, 2.05) is 18.2 Å². The molecule has 1 fully saturated rings. The normalized spacial score (nSPS) is 23.0. The van der Waals surface area contributed by atoms with Crippen LogP contribution in [0.15, 0.2) is 42.5 Å². The van der Waals surface area contributed by atoms with Gasteiger partial charge < -0.3 is 5.32 Å². The van der Waals surface area contributed by atoms with Gasteiger partial charge in [0.25, 0.3) is 5.91 Å². The van der Waals surface area contributed by atoms with Gasteiger partial charge in [-0.05, 0) is 48.6 Å². The van der Waals surface area contributed by atoms with Gasteiger partial charge in [-0.3, -0.25) is 9.59 Å². The van der Waals surface area contributed by atoms with Crippen molar-refractivity contribution in [3.63, 3.8) is 0 Å². The molecule has 2 aliphatic rings. The fourth-order valence-electron chi connectivity index (χ4n) is 4.04. The van der Waals surface area contributed by atoms with E-state index in [1.165, 1.54) is 23.8 Å². The lowest BCUT2D eigenvalue weighted by atomic mass is 9.87. The number of carbonyl (C=O) groups excluding carboxylic acids is 2. The molecule has 2 unspecified atom stereocenters. The number of benzene rings is 2. The number of hydrogen-bond donors (Lipinski definition) is 1. The monoisotopic (exact) mass is 432 g/mol. The van der Waals surface area contributed by atoms with Crippen LogP contribution in [0.25, 0.3) is 0 Å². The highest BCUT2D eigenvalue weighted by Gasteiger charge is 2.42. The summed E-state index contributed by atoms with van der Waals surface area (Å²) in [5, 5.41) is 3.13. The van der Waals surface area contributed by atoms with Gasteiger partial charge in [-0.1, -0.05) is 42.8 Å². The van der Waals surface area contributed by atoms with E-state index in [0.29, 0.717) is 0 Å². The molecular formula is C21H21ClN2O4S. The summed E-state index contributed by atoms with van der Waals surface area (Å²) >= 11 is 6.30. The lowest BCUT2D eigenvalue weighted by molar-refractivity contribution is -0.119. The fraction of sp³-hybridized carbons (Fsp3) is 0.333. The zero-order valence-electron chi connectivity index (χ0n) is 15.9. The van der Waals surface area contributed by atoms with Crippen LogP contribution in [0.2, 0.25) is 5.02 Å². The number of anilines is 1. The summed E-state index contributed by atoms with van der Waals surface area (Å²) in [6.07, 6.45) is 2.83. The molecule has 0 aromatic heterocycles. The van der Waals surface area contributed by atoms with E-state index < -0.39 is 21.8 Å². The molecule has 1 saturated heterocycles. The maximum Gasteiger partial charge on any atom is 0.253 e. The predicted octanol–water partition coefficient (Wildman–Crippen LogP) is 3.46. The molecule has 6 nitrogen and oxygen atoms in total. The van der Waals surface area contributed by atoms with Crippen molar-refractivity contribution >= 4 is 39.1 Å². The number of nitrogens with one attached hydrogen (secondary N) is 1. The van der Waals surface area contributed by atoms with Gasteiger partial charge in [-0.2, -0.15) is 0 Å². The Morgan fingerprint density at radius 1 is 1.21 bits per heavy atom. The van der Waals surface area contributed by atoms with Crippen LogP contribution in [0, 0.1) is 5.92 Å². The van der Waals surface area contributed by atoms with E-state index in [2.05, 4.69) is 11.4 Å². The van der Waals surface area contributed by atoms with E-state index in [9.17, 15) is 18.0 Å². The van der Waals surface area contributed by atoms with Crippen molar-refractivity contribution in [2.24, 2.45) is 5.92 Å². The van der Waals surface area contributed by atoms with Gasteiger partial charge in [0.2, 0.25) is 15.9 Å². The molecule has 0 bridgehead atoms. The maximum absolute atomic E-state index is 12.8. The van der Waals surface area contributed by atoms with E-state index >= 15 is 0 Å². The van der Waals surface area contributed by atoms with E-state index in [0.717, 1.165) is 29.1 Å². The first-order valence-electron chi connectivity index (χ1n) is 9.53. The molecule has 2 aromatic rings. The van der Waals surface area contributed by atoms with Crippen molar-refractivity contribution in [1.82, 2.24) is 5.32 Å². The maximum atomic E-state index is 12.8. The molecule has 1 heterocycles. The molecule has 0 saturated carbocycles. The van der Waals surface area contributed by atoms with Crippen molar-refractivity contribution in [3.8, 4) is 0 Å². The number of hydrogen-bond acceptors (Lipinski definition) is 4. The second-order valence-corrected chi connectivity index (χ2v) is 9.83. The minimum absolute atomic E-state index is 0.0930. The molecule has 2 aromatic carbocycles. The molecule has 1 aliphatic carbocycles. The third-order valence-corrected chi connectivity index (χ3v) is 7.65. The summed E-state index contributed by atoms with van der Waals surface area (Å²) in [6.45, 7) is 1.57. The van der Waals surface area contributed by atoms with Crippen LogP contribution in [0.4, 0.5) is 5.69 Å². The van der Waals surface area contributed by atoms with Gasteiger partial charge >= 0.3 is 0 Å². The number of halogens is 1. The minimum Gasteiger partial charge on any atom is -0.345 e. The molecule has 152 valence electrons. The first-order valence-corrected chi connectivity index (χ1v) is 11.5. The number of sulfonamides is 1. The smallest absolute Gasteiger partial charge is 0.253 e. The van der Waals surface area contributed by atoms with Crippen LogP contribution in [-0.4, -0.2) is 26.0 Å². The predicted molar refractivity (Wildman–Crippen MR) is 111 cm³/mol. The standard InChI is InChI=1S/C21H21ClN2O4S/c1-13-12-29(27,28)24(21(13)26)15-9-10-17(18(22)11-15)20(25)23-19-8-4-6-14-5-2-3-7-16(14)19/h2-3,5,7,9-11,13,19H,4,6,8,12H2,1H3,(H,23,25). The summed E-state index contributed by atoms with van der Waals surface area (Å²) in [5.74, 6) is -1.65. The Morgan fingerprint density at radius 2 is 1.97 bits per heavy atom. The number of amides is 2. The molecule has 2 amide bonds. The fourth-order valence-corrected chi connectivity index (χ4v) is 6.11. The van der Waals surface area contributed by atoms with E-state index in [4.69, 9.17) is 11.6 Å². The van der Waals surface area contributed by atoms with Crippen LogP contribution < -0.4 is 9.62 Å². The number of rotatable bonds is 3. The summed E-state index contributed by atoms with van der Waals surface area (Å²) < 4.78 is 25.3. The van der Waals surface area contributed by atoms with Crippen LogP contribution >= 0.6 is 11.6 Å². The zero-order valence-corrected chi connectivity index (χ0v) is 17.5. The van der Waals surface area contributed by atoms with Crippen molar-refractivity contribution in [2.75, 3.05) is 10.1 Å². The molecule has 29 heavy (non-hydrogen) atoms. The van der Waals surface area contributed by atoms with Crippen LogP contribution in [0.1, 0.15) is 47.3 Å². The third-order valence-electron chi connectivity index (χ3n) is 5.47. The highest BCUT2D eigenvalue weighted by molar-refractivity contribution is 7.94. The Kier molecular flexibility index (Phi) is 5.12. The molecule has 0 spiro atoms. The van der Waals surface area contributed by atoms with Crippen molar-refractivity contribution in [1.29, 1.82) is 0 Å². The van der Waals surface area contributed by atoms with Gasteiger partial charge in [0, 0.05) is 0 Å². The van der Waals surface area contributed by atoms with Crippen molar-refractivity contribution in [3.05, 3.63) is 64.2 Å². The Bertz CT molecular complexity index is 1100.